The second-order valence-electron chi connectivity index (χ2n) is 4.38. The van der Waals surface area contributed by atoms with Gasteiger partial charge in [-0.1, -0.05) is 0 Å². The van der Waals surface area contributed by atoms with E-state index in [9.17, 15) is 0 Å². The number of anilines is 1. The summed E-state index contributed by atoms with van der Waals surface area (Å²) in [5.41, 5.74) is 7.47. The summed E-state index contributed by atoms with van der Waals surface area (Å²) in [4.78, 5) is 18.1. The van der Waals surface area contributed by atoms with Crippen LogP contribution in [0.4, 0.5) is 5.82 Å². The molecule has 1 fully saturated rings. The van der Waals surface area contributed by atoms with Crippen molar-refractivity contribution in [3.8, 4) is 0 Å². The van der Waals surface area contributed by atoms with E-state index in [-0.39, 0.29) is 0 Å². The average Bonchev–Trinajstić information content (AvgIpc) is 2.86. The third-order valence-electron chi connectivity index (χ3n) is 3.37. The van der Waals surface area contributed by atoms with Crippen LogP contribution in [0.15, 0.2) is 12.7 Å². The van der Waals surface area contributed by atoms with E-state index in [1.54, 1.807) is 12.7 Å². The van der Waals surface area contributed by atoms with Gasteiger partial charge >= 0.3 is 0 Å². The lowest BCUT2D eigenvalue weighted by atomic mass is 10.0. The van der Waals surface area contributed by atoms with E-state index in [0.29, 0.717) is 12.6 Å². The minimum absolute atomic E-state index is 0.380. The second kappa shape index (κ2) is 4.29. The molecule has 17 heavy (non-hydrogen) atoms. The van der Waals surface area contributed by atoms with Crippen molar-refractivity contribution in [3.63, 3.8) is 0 Å². The number of nitrogens with zero attached hydrogens (tertiary/aromatic N) is 4. The zero-order valence-corrected chi connectivity index (χ0v) is 9.63. The molecule has 2 aromatic heterocycles. The SMILES string of the molecule is NCC1CCCCN1c1ncnc2nc[nH]c12. The molecule has 0 radical (unpaired) electrons. The van der Waals surface area contributed by atoms with Gasteiger partial charge in [0.05, 0.1) is 6.33 Å². The maximum Gasteiger partial charge on any atom is 0.182 e. The minimum Gasteiger partial charge on any atom is -0.350 e. The van der Waals surface area contributed by atoms with Crippen molar-refractivity contribution in [1.29, 1.82) is 0 Å². The predicted molar refractivity (Wildman–Crippen MR) is 65.7 cm³/mol. The van der Waals surface area contributed by atoms with Crippen LogP contribution >= 0.6 is 0 Å². The topological polar surface area (TPSA) is 83.7 Å². The molecule has 90 valence electrons. The third-order valence-corrected chi connectivity index (χ3v) is 3.37. The van der Waals surface area contributed by atoms with Crippen molar-refractivity contribution in [1.82, 2.24) is 19.9 Å². The van der Waals surface area contributed by atoms with Crippen LogP contribution in [0.5, 0.6) is 0 Å². The number of hydrogen-bond acceptors (Lipinski definition) is 5. The van der Waals surface area contributed by atoms with Crippen LogP contribution in [-0.4, -0.2) is 39.1 Å². The van der Waals surface area contributed by atoms with Gasteiger partial charge in [-0.15, -0.1) is 0 Å². The summed E-state index contributed by atoms with van der Waals surface area (Å²) in [5.74, 6) is 0.933. The van der Waals surface area contributed by atoms with E-state index < -0.39 is 0 Å². The number of nitrogens with two attached hydrogens (primary N) is 1. The van der Waals surface area contributed by atoms with Crippen molar-refractivity contribution in [2.45, 2.75) is 25.3 Å². The molecule has 1 saturated heterocycles. The van der Waals surface area contributed by atoms with Crippen molar-refractivity contribution in [2.75, 3.05) is 18.0 Å². The Morgan fingerprint density at radius 2 is 2.29 bits per heavy atom. The van der Waals surface area contributed by atoms with Gasteiger partial charge in [0, 0.05) is 19.1 Å². The third kappa shape index (κ3) is 1.74. The standard InChI is InChI=1S/C11H16N6/c12-5-8-3-1-2-4-17(8)11-9-10(14-6-13-9)15-7-16-11/h6-8H,1-5,12H2,(H,13,14,15,16). The van der Waals surface area contributed by atoms with Crippen LogP contribution in [0.2, 0.25) is 0 Å². The van der Waals surface area contributed by atoms with E-state index in [2.05, 4.69) is 24.8 Å². The molecule has 0 aromatic carbocycles. The Kier molecular flexibility index (Phi) is 2.64. The fourth-order valence-corrected chi connectivity index (χ4v) is 2.49. The summed E-state index contributed by atoms with van der Waals surface area (Å²) in [6.07, 6.45) is 6.80. The van der Waals surface area contributed by atoms with Crippen LogP contribution in [0.1, 0.15) is 19.3 Å². The summed E-state index contributed by atoms with van der Waals surface area (Å²) in [6.45, 7) is 1.67. The lowest BCUT2D eigenvalue weighted by Crippen LogP contribution is -2.44. The van der Waals surface area contributed by atoms with Crippen LogP contribution < -0.4 is 10.6 Å². The molecule has 0 spiro atoms. The predicted octanol–water partition coefficient (Wildman–Crippen LogP) is 0.670. The van der Waals surface area contributed by atoms with Gasteiger partial charge in [0.2, 0.25) is 0 Å². The van der Waals surface area contributed by atoms with E-state index >= 15 is 0 Å². The molecule has 6 heteroatoms. The van der Waals surface area contributed by atoms with Crippen LogP contribution in [-0.2, 0) is 0 Å². The monoisotopic (exact) mass is 232 g/mol. The Labute approximate surface area is 99.3 Å². The first-order valence-electron chi connectivity index (χ1n) is 6.01. The van der Waals surface area contributed by atoms with Crippen molar-refractivity contribution in [3.05, 3.63) is 12.7 Å². The van der Waals surface area contributed by atoms with Crippen LogP contribution in [0, 0.1) is 0 Å². The normalized spacial score (nSPS) is 21.0. The fourth-order valence-electron chi connectivity index (χ4n) is 2.49. The maximum absolute atomic E-state index is 5.84. The quantitative estimate of drug-likeness (QED) is 0.795. The Morgan fingerprint density at radius 3 is 3.18 bits per heavy atom. The highest BCUT2D eigenvalue weighted by Gasteiger charge is 2.24. The average molecular weight is 232 g/mol. The number of imidazole rings is 1. The van der Waals surface area contributed by atoms with E-state index in [4.69, 9.17) is 5.73 Å². The fraction of sp³-hybridized carbons (Fsp3) is 0.545. The van der Waals surface area contributed by atoms with E-state index in [0.717, 1.165) is 29.9 Å². The van der Waals surface area contributed by atoms with Gasteiger partial charge in [-0.3, -0.25) is 0 Å². The van der Waals surface area contributed by atoms with E-state index in [1.807, 2.05) is 0 Å². The van der Waals surface area contributed by atoms with Gasteiger partial charge in [-0.05, 0) is 19.3 Å². The molecule has 0 saturated carbocycles. The summed E-state index contributed by atoms with van der Waals surface area (Å²) in [6, 6.07) is 0.380. The summed E-state index contributed by atoms with van der Waals surface area (Å²) < 4.78 is 0. The number of fused-ring (bicyclic) bond motifs is 1. The van der Waals surface area contributed by atoms with Crippen molar-refractivity contribution < 1.29 is 0 Å². The maximum atomic E-state index is 5.84. The molecule has 2 aromatic rings. The molecule has 0 aliphatic carbocycles. The molecule has 3 N–H and O–H groups in total. The summed E-state index contributed by atoms with van der Waals surface area (Å²) >= 11 is 0. The van der Waals surface area contributed by atoms with Gasteiger partial charge < -0.3 is 15.6 Å². The number of aromatic nitrogens is 4. The molecular formula is C11H16N6. The minimum atomic E-state index is 0.380. The smallest absolute Gasteiger partial charge is 0.182 e. The van der Waals surface area contributed by atoms with Crippen molar-refractivity contribution in [2.24, 2.45) is 5.73 Å². The Bertz CT molecular complexity index is 507. The van der Waals surface area contributed by atoms with Gasteiger partial charge in [0.1, 0.15) is 11.8 Å². The molecular weight excluding hydrogens is 216 g/mol. The van der Waals surface area contributed by atoms with Gasteiger partial charge in [0.15, 0.2) is 11.5 Å². The van der Waals surface area contributed by atoms with E-state index in [1.165, 1.54) is 12.8 Å². The first-order valence-corrected chi connectivity index (χ1v) is 6.01. The first kappa shape index (κ1) is 10.5. The molecule has 3 heterocycles. The molecule has 1 unspecified atom stereocenters. The van der Waals surface area contributed by atoms with Crippen LogP contribution in [0.3, 0.4) is 0 Å². The van der Waals surface area contributed by atoms with Crippen LogP contribution in [0.25, 0.3) is 11.2 Å². The largest absolute Gasteiger partial charge is 0.350 e. The Hall–Kier alpha value is -1.69. The zero-order chi connectivity index (χ0) is 11.7. The van der Waals surface area contributed by atoms with Gasteiger partial charge in [-0.2, -0.15) is 0 Å². The molecule has 3 rings (SSSR count). The second-order valence-corrected chi connectivity index (χ2v) is 4.38. The number of rotatable bonds is 2. The highest BCUT2D eigenvalue weighted by Crippen LogP contribution is 2.26. The molecule has 6 nitrogen and oxygen atoms in total. The lowest BCUT2D eigenvalue weighted by molar-refractivity contribution is 0.463. The molecule has 0 bridgehead atoms. The number of nitrogens with one attached hydrogen (secondary N) is 1. The number of hydrogen-bond donors (Lipinski definition) is 2. The highest BCUT2D eigenvalue weighted by atomic mass is 15.2. The number of piperidine rings is 1. The van der Waals surface area contributed by atoms with Gasteiger partial charge in [0.25, 0.3) is 0 Å². The Morgan fingerprint density at radius 1 is 1.35 bits per heavy atom. The van der Waals surface area contributed by atoms with Crippen molar-refractivity contribution >= 4 is 17.0 Å². The van der Waals surface area contributed by atoms with Gasteiger partial charge in [-0.25, -0.2) is 15.0 Å². The first-order chi connectivity index (χ1) is 8.40. The lowest BCUT2D eigenvalue weighted by Gasteiger charge is -2.35. The summed E-state index contributed by atoms with van der Waals surface area (Å²) in [7, 11) is 0. The molecule has 1 aliphatic rings. The zero-order valence-electron chi connectivity index (χ0n) is 9.63. The Balaban J connectivity index is 2.04. The molecule has 1 atom stereocenters. The number of aromatic amines is 1. The molecule has 0 amide bonds. The molecule has 1 aliphatic heterocycles. The number of H-pyrrole nitrogens is 1. The highest BCUT2D eigenvalue weighted by molar-refractivity contribution is 5.82. The summed E-state index contributed by atoms with van der Waals surface area (Å²) in [5, 5.41) is 0.